The Hall–Kier alpha value is -2.23. The summed E-state index contributed by atoms with van der Waals surface area (Å²) in [4.78, 5) is 18.2. The molecule has 1 aromatic rings. The predicted octanol–water partition coefficient (Wildman–Crippen LogP) is 1.83. The van der Waals surface area contributed by atoms with Crippen LogP contribution in [-0.4, -0.2) is 24.8 Å². The average molecular weight is 282 g/mol. The molecular formula is C15H14N4S. The highest BCUT2D eigenvalue weighted by Gasteiger charge is 2.07. The SMILES string of the molecule is C=C=C/C1=C(\C=N/C)C/N=c2/cccn/c2=N/C(=C)S1. The van der Waals surface area contributed by atoms with Crippen LogP contribution in [0.5, 0.6) is 0 Å². The summed E-state index contributed by atoms with van der Waals surface area (Å²) in [5.41, 5.74) is 4.34. The quantitative estimate of drug-likeness (QED) is 0.614. The average Bonchev–Trinajstić information content (AvgIpc) is 2.49. The Bertz CT molecular complexity index is 752. The van der Waals surface area contributed by atoms with Gasteiger partial charge in [0.25, 0.3) is 0 Å². The number of aromatic nitrogens is 1. The summed E-state index contributed by atoms with van der Waals surface area (Å²) in [5, 5.41) is 1.39. The monoisotopic (exact) mass is 282 g/mol. The number of rotatable bonds is 2. The van der Waals surface area contributed by atoms with Crippen LogP contribution < -0.4 is 10.8 Å². The first-order valence-electron chi connectivity index (χ1n) is 5.96. The summed E-state index contributed by atoms with van der Waals surface area (Å²) >= 11 is 1.44. The Kier molecular flexibility index (Phi) is 4.82. The van der Waals surface area contributed by atoms with Crippen molar-refractivity contribution in [3.05, 3.63) is 69.6 Å². The molecule has 4 nitrogen and oxygen atoms in total. The van der Waals surface area contributed by atoms with Gasteiger partial charge in [-0.3, -0.25) is 9.98 Å². The molecule has 0 saturated carbocycles. The van der Waals surface area contributed by atoms with Crippen LogP contribution in [0.2, 0.25) is 0 Å². The van der Waals surface area contributed by atoms with E-state index in [-0.39, 0.29) is 0 Å². The third-order valence-electron chi connectivity index (χ3n) is 2.48. The van der Waals surface area contributed by atoms with Crippen LogP contribution >= 0.6 is 11.8 Å². The van der Waals surface area contributed by atoms with Crippen molar-refractivity contribution < 1.29 is 0 Å². The van der Waals surface area contributed by atoms with Crippen molar-refractivity contribution in [2.75, 3.05) is 13.6 Å². The Labute approximate surface area is 121 Å². The molecule has 0 fully saturated rings. The molecule has 0 aliphatic carbocycles. The van der Waals surface area contributed by atoms with E-state index in [1.54, 1.807) is 25.5 Å². The lowest BCUT2D eigenvalue weighted by molar-refractivity contribution is 1.02. The zero-order valence-electron chi connectivity index (χ0n) is 11.2. The number of allylic oxidation sites excluding steroid dienone is 1. The highest BCUT2D eigenvalue weighted by atomic mass is 32.2. The zero-order chi connectivity index (χ0) is 14.4. The van der Waals surface area contributed by atoms with Gasteiger partial charge in [-0.25, -0.2) is 9.98 Å². The minimum Gasteiger partial charge on any atom is -0.296 e. The first-order chi connectivity index (χ1) is 9.74. The van der Waals surface area contributed by atoms with Gasteiger partial charge in [0.2, 0.25) is 0 Å². The summed E-state index contributed by atoms with van der Waals surface area (Å²) in [6, 6.07) is 3.73. The highest BCUT2D eigenvalue weighted by molar-refractivity contribution is 8.06. The van der Waals surface area contributed by atoms with Crippen LogP contribution in [0.3, 0.4) is 0 Å². The zero-order valence-corrected chi connectivity index (χ0v) is 12.0. The summed E-state index contributed by atoms with van der Waals surface area (Å²) < 4.78 is 0. The van der Waals surface area contributed by atoms with Gasteiger partial charge in [0, 0.05) is 29.9 Å². The Morgan fingerprint density at radius 3 is 3.10 bits per heavy atom. The first kappa shape index (κ1) is 14.2. The molecule has 1 aliphatic rings. The molecule has 0 aromatic carbocycles. The maximum atomic E-state index is 4.55. The van der Waals surface area contributed by atoms with Crippen molar-refractivity contribution >= 4 is 18.0 Å². The number of thioether (sulfide) groups is 1. The molecule has 2 rings (SSSR count). The van der Waals surface area contributed by atoms with Crippen LogP contribution in [0.25, 0.3) is 0 Å². The Morgan fingerprint density at radius 2 is 2.35 bits per heavy atom. The highest BCUT2D eigenvalue weighted by Crippen LogP contribution is 2.28. The molecule has 0 bridgehead atoms. The van der Waals surface area contributed by atoms with E-state index < -0.39 is 0 Å². The Morgan fingerprint density at radius 1 is 1.50 bits per heavy atom. The van der Waals surface area contributed by atoms with E-state index in [1.807, 2.05) is 12.1 Å². The van der Waals surface area contributed by atoms with Gasteiger partial charge >= 0.3 is 0 Å². The van der Waals surface area contributed by atoms with Gasteiger partial charge in [-0.05, 0) is 18.2 Å². The topological polar surface area (TPSA) is 50.0 Å². The van der Waals surface area contributed by atoms with Gasteiger partial charge in [-0.15, -0.1) is 5.73 Å². The lowest BCUT2D eigenvalue weighted by Gasteiger charge is -2.04. The molecule has 0 spiro atoms. The number of pyridine rings is 1. The fraction of sp³-hybridized carbons (Fsp3) is 0.133. The molecule has 0 saturated heterocycles. The van der Waals surface area contributed by atoms with Crippen molar-refractivity contribution in [1.29, 1.82) is 0 Å². The molecular weight excluding hydrogens is 268 g/mol. The van der Waals surface area contributed by atoms with Gasteiger partial charge in [0.05, 0.1) is 11.6 Å². The van der Waals surface area contributed by atoms with Gasteiger partial charge in [-0.2, -0.15) is 0 Å². The number of hydrogen-bond donors (Lipinski definition) is 0. The molecule has 0 unspecified atom stereocenters. The summed E-state index contributed by atoms with van der Waals surface area (Å²) in [6.45, 7) is 8.07. The molecule has 100 valence electrons. The molecule has 0 amide bonds. The van der Waals surface area contributed by atoms with Crippen molar-refractivity contribution in [3.8, 4) is 0 Å². The number of aliphatic imine (C=N–C) groups is 1. The number of nitrogens with zero attached hydrogens (tertiary/aromatic N) is 4. The summed E-state index contributed by atoms with van der Waals surface area (Å²) in [5.74, 6) is 0. The minimum absolute atomic E-state index is 0.499. The van der Waals surface area contributed by atoms with Crippen LogP contribution in [0.1, 0.15) is 0 Å². The van der Waals surface area contributed by atoms with Gasteiger partial charge in [0.1, 0.15) is 5.36 Å². The molecule has 5 heteroatoms. The van der Waals surface area contributed by atoms with Crippen molar-refractivity contribution in [2.45, 2.75) is 0 Å². The summed E-state index contributed by atoms with van der Waals surface area (Å²) in [7, 11) is 1.73. The van der Waals surface area contributed by atoms with Gasteiger partial charge in [0.15, 0.2) is 5.49 Å². The third kappa shape index (κ3) is 3.41. The normalized spacial score (nSPS) is 22.4. The van der Waals surface area contributed by atoms with E-state index in [9.17, 15) is 0 Å². The second-order valence-electron chi connectivity index (χ2n) is 3.90. The van der Waals surface area contributed by atoms with Crippen molar-refractivity contribution in [3.63, 3.8) is 0 Å². The maximum absolute atomic E-state index is 4.55. The van der Waals surface area contributed by atoms with E-state index >= 15 is 0 Å². The first-order valence-corrected chi connectivity index (χ1v) is 6.78. The van der Waals surface area contributed by atoms with Crippen LogP contribution in [0.15, 0.2) is 73.8 Å². The Balaban J connectivity index is 2.64. The van der Waals surface area contributed by atoms with E-state index in [0.717, 1.165) is 15.8 Å². The largest absolute Gasteiger partial charge is 0.296 e. The van der Waals surface area contributed by atoms with E-state index in [2.05, 4.69) is 38.9 Å². The van der Waals surface area contributed by atoms with Crippen LogP contribution in [0.4, 0.5) is 0 Å². The van der Waals surface area contributed by atoms with Gasteiger partial charge < -0.3 is 0 Å². The van der Waals surface area contributed by atoms with Crippen molar-refractivity contribution in [2.24, 2.45) is 15.0 Å². The van der Waals surface area contributed by atoms with Crippen LogP contribution in [-0.2, 0) is 0 Å². The maximum Gasteiger partial charge on any atom is 0.178 e. The minimum atomic E-state index is 0.499. The van der Waals surface area contributed by atoms with E-state index in [0.29, 0.717) is 17.1 Å². The smallest absolute Gasteiger partial charge is 0.178 e. The number of hydrogen-bond acceptors (Lipinski definition) is 5. The van der Waals surface area contributed by atoms with Crippen LogP contribution in [0, 0.1) is 0 Å². The lowest BCUT2D eigenvalue weighted by atomic mass is 10.2. The van der Waals surface area contributed by atoms with Crippen molar-refractivity contribution in [1.82, 2.24) is 4.98 Å². The second-order valence-corrected chi connectivity index (χ2v) is 5.01. The molecule has 20 heavy (non-hydrogen) atoms. The fourth-order valence-corrected chi connectivity index (χ4v) is 2.43. The summed E-state index contributed by atoms with van der Waals surface area (Å²) in [6.07, 6.45) is 5.27. The molecule has 2 heterocycles. The molecule has 1 aromatic heterocycles. The fourth-order valence-electron chi connectivity index (χ4n) is 1.65. The molecule has 0 radical (unpaired) electrons. The predicted molar refractivity (Wildman–Crippen MR) is 83.3 cm³/mol. The van der Waals surface area contributed by atoms with Gasteiger partial charge in [-0.1, -0.05) is 24.9 Å². The second kappa shape index (κ2) is 6.80. The van der Waals surface area contributed by atoms with E-state index in [1.165, 1.54) is 11.8 Å². The third-order valence-corrected chi connectivity index (χ3v) is 3.41. The molecule has 0 atom stereocenters. The molecule has 0 N–H and O–H groups in total. The standard InChI is InChI=1S/C15H14N4S/c1-4-6-14-12(9-16-3)10-18-13-7-5-8-17-15(13)19-11(2)20-14/h5-9H,1-2,10H2,3H3/b14-12-,16-9-,18-13-,19-15+. The van der Waals surface area contributed by atoms with E-state index in [4.69, 9.17) is 0 Å². The number of fused-ring (bicyclic) bond motifs is 1. The molecule has 1 aliphatic heterocycles. The lowest BCUT2D eigenvalue weighted by Crippen LogP contribution is -2.28.